The minimum absolute atomic E-state index is 0.158. The molecule has 1 aliphatic rings. The zero-order valence-electron chi connectivity index (χ0n) is 9.86. The highest BCUT2D eigenvalue weighted by molar-refractivity contribution is 9.10. The average molecular weight is 321 g/mol. The van der Waals surface area contributed by atoms with Crippen molar-refractivity contribution in [2.24, 2.45) is 5.92 Å². The van der Waals surface area contributed by atoms with E-state index in [-0.39, 0.29) is 5.92 Å². The maximum Gasteiger partial charge on any atom is 0.166 e. The summed E-state index contributed by atoms with van der Waals surface area (Å²) in [6, 6.07) is 10.1. The second-order valence-corrected chi connectivity index (χ2v) is 6.60. The highest BCUT2D eigenvalue weighted by Gasteiger charge is 2.27. The van der Waals surface area contributed by atoms with Crippen LogP contribution in [0, 0.1) is 5.92 Å². The number of hydrogen-bond acceptors (Lipinski definition) is 2. The molecule has 0 saturated carbocycles. The summed E-state index contributed by atoms with van der Waals surface area (Å²) in [5.41, 5.74) is 2.15. The van der Waals surface area contributed by atoms with Crippen LogP contribution in [-0.4, -0.2) is 5.78 Å². The van der Waals surface area contributed by atoms with Crippen molar-refractivity contribution >= 4 is 33.0 Å². The molecule has 3 heteroatoms. The van der Waals surface area contributed by atoms with E-state index in [0.29, 0.717) is 5.78 Å². The second-order valence-electron chi connectivity index (χ2n) is 4.69. The van der Waals surface area contributed by atoms with Crippen molar-refractivity contribution < 1.29 is 4.79 Å². The summed E-state index contributed by atoms with van der Waals surface area (Å²) >= 11 is 5.19. The summed E-state index contributed by atoms with van der Waals surface area (Å²) in [4.78, 5) is 13.7. The average Bonchev–Trinajstić information content (AvgIpc) is 2.79. The fraction of sp³-hybridized carbons (Fsp3) is 0.267. The summed E-state index contributed by atoms with van der Waals surface area (Å²) in [6.45, 7) is 0. The minimum atomic E-state index is 0.158. The van der Waals surface area contributed by atoms with Gasteiger partial charge in [-0.1, -0.05) is 24.3 Å². The molecule has 1 heterocycles. The van der Waals surface area contributed by atoms with Gasteiger partial charge in [0.2, 0.25) is 0 Å². The molecule has 0 amide bonds. The first-order chi connectivity index (χ1) is 8.74. The number of carbonyl (C=O) groups excluding carboxylic acids is 1. The van der Waals surface area contributed by atoms with Crippen LogP contribution in [0.5, 0.6) is 0 Å². The highest BCUT2D eigenvalue weighted by Crippen LogP contribution is 2.30. The predicted octanol–water partition coefficient (Wildman–Crippen LogP) is 4.50. The normalized spacial score (nSPS) is 18.7. The Morgan fingerprint density at radius 3 is 2.94 bits per heavy atom. The van der Waals surface area contributed by atoms with Gasteiger partial charge in [-0.3, -0.25) is 4.79 Å². The van der Waals surface area contributed by atoms with Gasteiger partial charge in [0.15, 0.2) is 5.78 Å². The molecule has 1 nitrogen and oxygen atoms in total. The van der Waals surface area contributed by atoms with Crippen LogP contribution in [0.15, 0.2) is 40.2 Å². The number of Topliss-reactive ketones (excluding diaryl/α,β-unsaturated/α-hetero) is 1. The van der Waals surface area contributed by atoms with Gasteiger partial charge in [-0.2, -0.15) is 0 Å². The highest BCUT2D eigenvalue weighted by atomic mass is 79.9. The zero-order valence-corrected chi connectivity index (χ0v) is 12.3. The summed E-state index contributed by atoms with van der Waals surface area (Å²) in [5.74, 6) is 0.479. The molecule has 0 fully saturated rings. The van der Waals surface area contributed by atoms with E-state index >= 15 is 0 Å². The lowest BCUT2D eigenvalue weighted by Crippen LogP contribution is -2.24. The van der Waals surface area contributed by atoms with E-state index in [0.717, 1.165) is 29.3 Å². The van der Waals surface area contributed by atoms with E-state index in [1.54, 1.807) is 11.3 Å². The molecule has 1 unspecified atom stereocenters. The van der Waals surface area contributed by atoms with E-state index in [1.807, 2.05) is 18.2 Å². The van der Waals surface area contributed by atoms with E-state index in [4.69, 9.17) is 0 Å². The Balaban J connectivity index is 1.82. The number of hydrogen-bond donors (Lipinski definition) is 0. The van der Waals surface area contributed by atoms with Crippen LogP contribution < -0.4 is 0 Å². The molecule has 1 aromatic heterocycles. The predicted molar refractivity (Wildman–Crippen MR) is 78.3 cm³/mol. The SMILES string of the molecule is O=C1c2ccccc2CCC1Cc1cc(Br)cs1. The molecule has 0 spiro atoms. The molecule has 0 aliphatic heterocycles. The van der Waals surface area contributed by atoms with Crippen molar-refractivity contribution in [1.82, 2.24) is 0 Å². The molecule has 2 aromatic rings. The molecule has 18 heavy (non-hydrogen) atoms. The Bertz CT molecular complexity index is 588. The van der Waals surface area contributed by atoms with Crippen molar-refractivity contribution in [3.8, 4) is 0 Å². The first kappa shape index (κ1) is 12.1. The number of aryl methyl sites for hydroxylation is 1. The van der Waals surface area contributed by atoms with Gasteiger partial charge in [-0.05, 0) is 46.8 Å². The van der Waals surface area contributed by atoms with E-state index in [1.165, 1.54) is 10.4 Å². The molecular weight excluding hydrogens is 308 g/mol. The third-order valence-corrected chi connectivity index (χ3v) is 5.21. The van der Waals surface area contributed by atoms with Crippen LogP contribution in [0.2, 0.25) is 0 Å². The molecule has 1 aromatic carbocycles. The first-order valence-corrected chi connectivity index (χ1v) is 7.76. The Kier molecular flexibility index (Phi) is 3.35. The largest absolute Gasteiger partial charge is 0.294 e. The van der Waals surface area contributed by atoms with E-state index in [2.05, 4.69) is 33.4 Å². The van der Waals surface area contributed by atoms with Gasteiger partial charge >= 0.3 is 0 Å². The topological polar surface area (TPSA) is 17.1 Å². The number of benzene rings is 1. The van der Waals surface area contributed by atoms with Gasteiger partial charge in [0, 0.05) is 26.2 Å². The van der Waals surface area contributed by atoms with Gasteiger partial charge in [0.25, 0.3) is 0 Å². The molecule has 92 valence electrons. The van der Waals surface area contributed by atoms with Gasteiger partial charge in [0.1, 0.15) is 0 Å². The van der Waals surface area contributed by atoms with Crippen LogP contribution in [0.25, 0.3) is 0 Å². The molecule has 0 bridgehead atoms. The Morgan fingerprint density at radius 2 is 2.17 bits per heavy atom. The monoisotopic (exact) mass is 320 g/mol. The fourth-order valence-electron chi connectivity index (χ4n) is 2.56. The number of halogens is 1. The van der Waals surface area contributed by atoms with Gasteiger partial charge in [-0.15, -0.1) is 11.3 Å². The minimum Gasteiger partial charge on any atom is -0.294 e. The van der Waals surface area contributed by atoms with Crippen LogP contribution >= 0.6 is 27.3 Å². The third kappa shape index (κ3) is 2.29. The van der Waals surface area contributed by atoms with Gasteiger partial charge in [-0.25, -0.2) is 0 Å². The Morgan fingerprint density at radius 1 is 1.33 bits per heavy atom. The third-order valence-electron chi connectivity index (χ3n) is 3.49. The van der Waals surface area contributed by atoms with Crippen molar-refractivity contribution in [2.75, 3.05) is 0 Å². The molecule has 0 saturated heterocycles. The Hall–Kier alpha value is -0.930. The molecule has 1 aliphatic carbocycles. The summed E-state index contributed by atoms with van der Waals surface area (Å²) in [5, 5.41) is 2.08. The smallest absolute Gasteiger partial charge is 0.166 e. The van der Waals surface area contributed by atoms with Crippen LogP contribution in [0.4, 0.5) is 0 Å². The lowest BCUT2D eigenvalue weighted by atomic mass is 9.81. The molecular formula is C15H13BrOS. The Labute approximate surface area is 119 Å². The maximum absolute atomic E-state index is 12.4. The van der Waals surface area contributed by atoms with Gasteiger partial charge in [0.05, 0.1) is 0 Å². The van der Waals surface area contributed by atoms with Crippen molar-refractivity contribution in [3.63, 3.8) is 0 Å². The van der Waals surface area contributed by atoms with E-state index in [9.17, 15) is 4.79 Å². The second kappa shape index (κ2) is 4.98. The van der Waals surface area contributed by atoms with E-state index < -0.39 is 0 Å². The summed E-state index contributed by atoms with van der Waals surface area (Å²) < 4.78 is 1.12. The van der Waals surface area contributed by atoms with Crippen LogP contribution in [0.3, 0.4) is 0 Å². The van der Waals surface area contributed by atoms with Gasteiger partial charge < -0.3 is 0 Å². The van der Waals surface area contributed by atoms with Crippen LogP contribution in [0.1, 0.15) is 27.2 Å². The first-order valence-electron chi connectivity index (χ1n) is 6.09. The number of carbonyl (C=O) groups is 1. The molecule has 3 rings (SSSR count). The quantitative estimate of drug-likeness (QED) is 0.796. The number of ketones is 1. The number of fused-ring (bicyclic) bond motifs is 1. The number of thiophene rings is 1. The van der Waals surface area contributed by atoms with Crippen molar-refractivity contribution in [3.05, 3.63) is 56.2 Å². The summed E-state index contributed by atoms with van der Waals surface area (Å²) in [6.07, 6.45) is 2.88. The lowest BCUT2D eigenvalue weighted by Gasteiger charge is -2.22. The molecule has 0 N–H and O–H groups in total. The number of rotatable bonds is 2. The molecule has 1 atom stereocenters. The zero-order chi connectivity index (χ0) is 12.5. The maximum atomic E-state index is 12.4. The lowest BCUT2D eigenvalue weighted by molar-refractivity contribution is 0.0902. The summed E-state index contributed by atoms with van der Waals surface area (Å²) in [7, 11) is 0. The van der Waals surface area contributed by atoms with Crippen molar-refractivity contribution in [2.45, 2.75) is 19.3 Å². The van der Waals surface area contributed by atoms with Crippen molar-refractivity contribution in [1.29, 1.82) is 0 Å². The standard InChI is InChI=1S/C15H13BrOS/c16-12-8-13(18-9-12)7-11-6-5-10-3-1-2-4-14(10)15(11)17/h1-4,8-9,11H,5-7H2. The fourth-order valence-corrected chi connectivity index (χ4v) is 4.09. The van der Waals surface area contributed by atoms with Crippen LogP contribution in [-0.2, 0) is 12.8 Å². The molecule has 0 radical (unpaired) electrons.